The number of carboxylic acids is 1. The van der Waals surface area contributed by atoms with Gasteiger partial charge in [0.05, 0.1) is 11.5 Å². The molecule has 43 heavy (non-hydrogen) atoms. The van der Waals surface area contributed by atoms with Gasteiger partial charge in [0.25, 0.3) is 0 Å². The number of hydrogen-bond donors (Lipinski definition) is 3. The van der Waals surface area contributed by atoms with Crippen LogP contribution < -0.4 is 5.32 Å². The van der Waals surface area contributed by atoms with Gasteiger partial charge in [-0.05, 0) is 122 Å². The van der Waals surface area contributed by atoms with E-state index in [1.807, 2.05) is 0 Å². The maximum Gasteiger partial charge on any atom is 0.303 e. The number of amides is 1. The molecule has 5 heteroatoms. The van der Waals surface area contributed by atoms with Gasteiger partial charge in [-0.15, -0.1) is 0 Å². The van der Waals surface area contributed by atoms with Crippen molar-refractivity contribution in [1.29, 1.82) is 0 Å². The standard InChI is InChI=1S/C38H63NO4/c1-25-16-21-38(33(43)39-24-12-10-8-9-11-13-31(41)42)23-22-36(6)27(32(38)26(25)2)14-15-29-35(5)19-18-30(40)34(3,4)28(35)17-20-37(29,36)7/h14,25-26,28-30,32,40H,8-13,15-24H2,1-7H3,(H,39,43)(H,41,42)/t25-,26+,28+,29-,30+,32+,35+,36-,37-,38+/m1/s1. The van der Waals surface area contributed by atoms with E-state index in [0.717, 1.165) is 83.6 Å². The lowest BCUT2D eigenvalue weighted by molar-refractivity contribution is -0.204. The minimum absolute atomic E-state index is 0.0369. The largest absolute Gasteiger partial charge is 0.481 e. The van der Waals surface area contributed by atoms with Gasteiger partial charge in [0.2, 0.25) is 5.91 Å². The number of carbonyl (C=O) groups excluding carboxylic acids is 1. The number of unbranched alkanes of at least 4 members (excludes halogenated alkanes) is 4. The Morgan fingerprint density at radius 2 is 1.56 bits per heavy atom. The Hall–Kier alpha value is -1.36. The fraction of sp³-hybridized carbons (Fsp3) is 0.895. The van der Waals surface area contributed by atoms with Gasteiger partial charge in [-0.3, -0.25) is 9.59 Å². The Labute approximate surface area is 262 Å². The van der Waals surface area contributed by atoms with E-state index in [2.05, 4.69) is 59.9 Å². The number of fused-ring (bicyclic) bond motifs is 7. The Morgan fingerprint density at radius 1 is 0.860 bits per heavy atom. The highest BCUT2D eigenvalue weighted by atomic mass is 16.4. The zero-order valence-corrected chi connectivity index (χ0v) is 28.6. The molecule has 244 valence electrons. The highest BCUT2D eigenvalue weighted by Crippen LogP contribution is 2.75. The quantitative estimate of drug-likeness (QED) is 0.184. The van der Waals surface area contributed by atoms with E-state index in [4.69, 9.17) is 5.11 Å². The molecule has 5 nitrogen and oxygen atoms in total. The van der Waals surface area contributed by atoms with Gasteiger partial charge >= 0.3 is 5.97 Å². The third-order valence-corrected chi connectivity index (χ3v) is 15.3. The van der Waals surface area contributed by atoms with Gasteiger partial charge < -0.3 is 15.5 Å². The van der Waals surface area contributed by atoms with E-state index in [0.29, 0.717) is 35.5 Å². The number of carboxylic acid groups (broad SMARTS) is 1. The van der Waals surface area contributed by atoms with Crippen LogP contribution in [0.15, 0.2) is 11.6 Å². The molecule has 0 aromatic carbocycles. The smallest absolute Gasteiger partial charge is 0.303 e. The summed E-state index contributed by atoms with van der Waals surface area (Å²) in [6, 6.07) is 0. The van der Waals surface area contributed by atoms with Gasteiger partial charge in [0.1, 0.15) is 0 Å². The maximum atomic E-state index is 14.3. The van der Waals surface area contributed by atoms with E-state index in [-0.39, 0.29) is 39.6 Å². The summed E-state index contributed by atoms with van der Waals surface area (Å²) in [5, 5.41) is 23.3. The van der Waals surface area contributed by atoms with Crippen molar-refractivity contribution >= 4 is 11.9 Å². The molecule has 5 aliphatic carbocycles. The minimum Gasteiger partial charge on any atom is -0.481 e. The fourth-order valence-corrected chi connectivity index (χ4v) is 12.2. The SMILES string of the molecule is C[C@H]1[C@H](C)CC[C@]2(C(=O)NCCCCCCCC(=O)O)CC[C@]3(C)C(=CC[C@@H]4[C@@]5(C)CC[C@H](O)C(C)(C)[C@@H]5CC[C@]43C)[C@H]12. The molecule has 0 bridgehead atoms. The molecule has 0 aliphatic heterocycles. The number of nitrogens with one attached hydrogen (secondary N) is 1. The van der Waals surface area contributed by atoms with E-state index < -0.39 is 5.97 Å². The Kier molecular flexibility index (Phi) is 9.04. The van der Waals surface area contributed by atoms with Crippen molar-refractivity contribution in [3.05, 3.63) is 11.6 Å². The predicted octanol–water partition coefficient (Wildman–Crippen LogP) is 8.55. The lowest BCUT2D eigenvalue weighted by Crippen LogP contribution is -2.66. The molecule has 0 aromatic heterocycles. The molecule has 0 radical (unpaired) electrons. The zero-order chi connectivity index (χ0) is 31.4. The molecule has 4 fully saturated rings. The summed E-state index contributed by atoms with van der Waals surface area (Å²) in [6.45, 7) is 18.0. The lowest BCUT2D eigenvalue weighted by Gasteiger charge is -2.71. The van der Waals surface area contributed by atoms with E-state index in [9.17, 15) is 14.7 Å². The topological polar surface area (TPSA) is 86.6 Å². The first-order valence-corrected chi connectivity index (χ1v) is 18.0. The third-order valence-electron chi connectivity index (χ3n) is 15.3. The van der Waals surface area contributed by atoms with Gasteiger partial charge in [-0.25, -0.2) is 0 Å². The first-order valence-electron chi connectivity index (χ1n) is 18.0. The van der Waals surface area contributed by atoms with Crippen LogP contribution in [0.25, 0.3) is 0 Å². The molecule has 5 rings (SSSR count). The van der Waals surface area contributed by atoms with E-state index in [1.54, 1.807) is 5.57 Å². The summed E-state index contributed by atoms with van der Waals surface area (Å²) in [5.41, 5.74) is 1.86. The van der Waals surface area contributed by atoms with Crippen LogP contribution >= 0.6 is 0 Å². The summed E-state index contributed by atoms with van der Waals surface area (Å²) in [7, 11) is 0. The van der Waals surface area contributed by atoms with Crippen molar-refractivity contribution in [1.82, 2.24) is 5.32 Å². The molecular weight excluding hydrogens is 534 g/mol. The van der Waals surface area contributed by atoms with Crippen LogP contribution in [0.2, 0.25) is 0 Å². The first-order chi connectivity index (χ1) is 20.1. The van der Waals surface area contributed by atoms with E-state index in [1.165, 1.54) is 12.8 Å². The van der Waals surface area contributed by atoms with Crippen molar-refractivity contribution in [2.75, 3.05) is 6.54 Å². The highest BCUT2D eigenvalue weighted by Gasteiger charge is 2.69. The summed E-state index contributed by atoms with van der Waals surface area (Å²) in [6.07, 6.45) is 17.3. The molecular formula is C38H63NO4. The summed E-state index contributed by atoms with van der Waals surface area (Å²) in [5.74, 6) is 2.20. The Morgan fingerprint density at radius 3 is 2.28 bits per heavy atom. The summed E-state index contributed by atoms with van der Waals surface area (Å²) in [4.78, 5) is 25.0. The monoisotopic (exact) mass is 597 g/mol. The van der Waals surface area contributed by atoms with Gasteiger partial charge in [0, 0.05) is 13.0 Å². The number of aliphatic carboxylic acids is 1. The second kappa shape index (κ2) is 11.8. The predicted molar refractivity (Wildman–Crippen MR) is 173 cm³/mol. The number of allylic oxidation sites excluding steroid dienone is 2. The molecule has 0 spiro atoms. The van der Waals surface area contributed by atoms with Crippen LogP contribution in [0.4, 0.5) is 0 Å². The number of hydrogen-bond acceptors (Lipinski definition) is 3. The molecule has 0 heterocycles. The molecule has 4 saturated carbocycles. The van der Waals surface area contributed by atoms with Crippen LogP contribution in [0.5, 0.6) is 0 Å². The summed E-state index contributed by atoms with van der Waals surface area (Å²) < 4.78 is 0. The number of aliphatic hydroxyl groups excluding tert-OH is 1. The van der Waals surface area contributed by atoms with Crippen LogP contribution in [-0.2, 0) is 9.59 Å². The molecule has 3 N–H and O–H groups in total. The number of aliphatic hydroxyl groups is 1. The molecule has 5 aliphatic rings. The second-order valence-corrected chi connectivity index (χ2v) is 17.3. The van der Waals surface area contributed by atoms with Gasteiger partial charge in [0.15, 0.2) is 0 Å². The van der Waals surface area contributed by atoms with Crippen LogP contribution in [0.3, 0.4) is 0 Å². The van der Waals surface area contributed by atoms with Crippen molar-refractivity contribution < 1.29 is 19.8 Å². The van der Waals surface area contributed by atoms with E-state index >= 15 is 0 Å². The average molecular weight is 598 g/mol. The molecule has 0 unspecified atom stereocenters. The summed E-state index contributed by atoms with van der Waals surface area (Å²) >= 11 is 0. The second-order valence-electron chi connectivity index (χ2n) is 17.3. The Bertz CT molecular complexity index is 1100. The molecule has 10 atom stereocenters. The van der Waals surface area contributed by atoms with Gasteiger partial charge in [-0.2, -0.15) is 0 Å². The fourth-order valence-electron chi connectivity index (χ4n) is 12.2. The van der Waals surface area contributed by atoms with Crippen molar-refractivity contribution in [2.24, 2.45) is 56.7 Å². The molecule has 1 amide bonds. The normalized spacial score (nSPS) is 45.1. The Balaban J connectivity index is 1.37. The minimum atomic E-state index is -0.710. The van der Waals surface area contributed by atoms with Crippen LogP contribution in [0, 0.1) is 56.7 Å². The van der Waals surface area contributed by atoms with Crippen LogP contribution in [-0.4, -0.2) is 34.7 Å². The van der Waals surface area contributed by atoms with Crippen molar-refractivity contribution in [3.8, 4) is 0 Å². The molecule has 0 aromatic rings. The van der Waals surface area contributed by atoms with Crippen LogP contribution in [0.1, 0.15) is 145 Å². The highest BCUT2D eigenvalue weighted by molar-refractivity contribution is 5.84. The molecule has 0 saturated heterocycles. The van der Waals surface area contributed by atoms with Crippen molar-refractivity contribution in [3.63, 3.8) is 0 Å². The van der Waals surface area contributed by atoms with Crippen molar-refractivity contribution in [2.45, 2.75) is 151 Å². The number of rotatable bonds is 9. The third kappa shape index (κ3) is 5.14. The lowest BCUT2D eigenvalue weighted by atomic mass is 9.33. The zero-order valence-electron chi connectivity index (χ0n) is 28.6. The average Bonchev–Trinajstić information content (AvgIpc) is 2.94. The number of carbonyl (C=O) groups is 2. The maximum absolute atomic E-state index is 14.3. The van der Waals surface area contributed by atoms with Gasteiger partial charge in [-0.1, -0.05) is 79.4 Å². The first kappa shape index (κ1) is 33.0.